The fourth-order valence-corrected chi connectivity index (χ4v) is 3.54. The summed E-state index contributed by atoms with van der Waals surface area (Å²) in [7, 11) is 1.33. The van der Waals surface area contributed by atoms with Crippen LogP contribution >= 0.6 is 0 Å². The third kappa shape index (κ3) is 10.0. The van der Waals surface area contributed by atoms with Crippen LogP contribution < -0.4 is 0 Å². The Kier molecular flexibility index (Phi) is 11.4. The molecule has 1 saturated carbocycles. The maximum absolute atomic E-state index is 11.1. The number of aliphatic hydroxyl groups is 1. The number of ether oxygens (including phenoxy) is 1. The van der Waals surface area contributed by atoms with Crippen molar-refractivity contribution in [3.8, 4) is 0 Å². The van der Waals surface area contributed by atoms with Crippen molar-refractivity contribution >= 4 is 5.97 Å². The SMILES string of the molecule is CCCCCCCCCCCC[C@@H]1C[C@@H]1CC[C@H](O)C(=O)OC. The van der Waals surface area contributed by atoms with Crippen molar-refractivity contribution in [3.05, 3.63) is 0 Å². The summed E-state index contributed by atoms with van der Waals surface area (Å²) in [6.45, 7) is 2.27. The zero-order valence-electron chi connectivity index (χ0n) is 15.4. The van der Waals surface area contributed by atoms with Crippen LogP contribution in [0.5, 0.6) is 0 Å². The van der Waals surface area contributed by atoms with E-state index in [-0.39, 0.29) is 0 Å². The summed E-state index contributed by atoms with van der Waals surface area (Å²) in [5.41, 5.74) is 0. The van der Waals surface area contributed by atoms with E-state index in [1.807, 2.05) is 0 Å². The van der Waals surface area contributed by atoms with E-state index in [4.69, 9.17) is 0 Å². The number of hydrogen-bond acceptors (Lipinski definition) is 3. The third-order valence-electron chi connectivity index (χ3n) is 5.28. The first kappa shape index (κ1) is 20.5. The van der Waals surface area contributed by atoms with Gasteiger partial charge in [-0.15, -0.1) is 0 Å². The summed E-state index contributed by atoms with van der Waals surface area (Å²) in [6, 6.07) is 0. The highest BCUT2D eigenvalue weighted by molar-refractivity contribution is 5.74. The fourth-order valence-electron chi connectivity index (χ4n) is 3.54. The van der Waals surface area contributed by atoms with Gasteiger partial charge in [0, 0.05) is 0 Å². The summed E-state index contributed by atoms with van der Waals surface area (Å²) in [5.74, 6) is 1.11. The van der Waals surface area contributed by atoms with Gasteiger partial charge >= 0.3 is 5.97 Å². The van der Waals surface area contributed by atoms with Crippen LogP contribution in [-0.2, 0) is 9.53 Å². The van der Waals surface area contributed by atoms with Crippen LogP contribution in [0.15, 0.2) is 0 Å². The molecule has 1 aliphatic carbocycles. The van der Waals surface area contributed by atoms with E-state index in [1.54, 1.807) is 0 Å². The van der Waals surface area contributed by atoms with Gasteiger partial charge in [-0.05, 0) is 31.1 Å². The third-order valence-corrected chi connectivity index (χ3v) is 5.28. The van der Waals surface area contributed by atoms with Gasteiger partial charge in [-0.3, -0.25) is 0 Å². The molecule has 3 nitrogen and oxygen atoms in total. The van der Waals surface area contributed by atoms with Crippen LogP contribution in [0.1, 0.15) is 96.8 Å². The van der Waals surface area contributed by atoms with Crippen LogP contribution in [0.4, 0.5) is 0 Å². The molecule has 1 rings (SSSR count). The zero-order chi connectivity index (χ0) is 16.9. The quantitative estimate of drug-likeness (QED) is 0.330. The topological polar surface area (TPSA) is 46.5 Å². The lowest BCUT2D eigenvalue weighted by molar-refractivity contribution is -0.150. The Bertz CT molecular complexity index is 303. The Morgan fingerprint density at radius 1 is 0.957 bits per heavy atom. The molecule has 1 aliphatic rings. The van der Waals surface area contributed by atoms with E-state index in [1.165, 1.54) is 84.2 Å². The van der Waals surface area contributed by atoms with Gasteiger partial charge in [0.2, 0.25) is 0 Å². The molecule has 0 aliphatic heterocycles. The number of hydrogen-bond donors (Lipinski definition) is 1. The molecule has 136 valence electrons. The summed E-state index contributed by atoms with van der Waals surface area (Å²) in [5, 5.41) is 9.57. The highest BCUT2D eigenvalue weighted by Gasteiger charge is 2.36. The molecule has 0 aromatic rings. The minimum atomic E-state index is -0.918. The predicted molar refractivity (Wildman–Crippen MR) is 95.3 cm³/mol. The molecule has 0 radical (unpaired) electrons. The highest BCUT2D eigenvalue weighted by Crippen LogP contribution is 2.45. The summed E-state index contributed by atoms with van der Waals surface area (Å²) < 4.78 is 4.54. The molecule has 1 N–H and O–H groups in total. The van der Waals surface area contributed by atoms with Crippen LogP contribution in [0, 0.1) is 11.8 Å². The van der Waals surface area contributed by atoms with Gasteiger partial charge in [0.05, 0.1) is 7.11 Å². The van der Waals surface area contributed by atoms with Gasteiger partial charge in [-0.2, -0.15) is 0 Å². The zero-order valence-corrected chi connectivity index (χ0v) is 15.4. The molecule has 0 aromatic heterocycles. The minimum Gasteiger partial charge on any atom is -0.467 e. The number of carbonyl (C=O) groups excluding carboxylic acids is 1. The molecule has 23 heavy (non-hydrogen) atoms. The maximum Gasteiger partial charge on any atom is 0.334 e. The lowest BCUT2D eigenvalue weighted by atomic mass is 10.0. The second-order valence-electron chi connectivity index (χ2n) is 7.34. The van der Waals surface area contributed by atoms with Crippen molar-refractivity contribution in [2.24, 2.45) is 11.8 Å². The van der Waals surface area contributed by atoms with Crippen LogP contribution in [0.2, 0.25) is 0 Å². The van der Waals surface area contributed by atoms with Gasteiger partial charge in [-0.1, -0.05) is 77.6 Å². The Morgan fingerprint density at radius 2 is 1.48 bits per heavy atom. The van der Waals surface area contributed by atoms with E-state index >= 15 is 0 Å². The number of rotatable bonds is 15. The van der Waals surface area contributed by atoms with E-state index < -0.39 is 12.1 Å². The smallest absolute Gasteiger partial charge is 0.334 e. The molecule has 1 fully saturated rings. The van der Waals surface area contributed by atoms with E-state index in [2.05, 4.69) is 11.7 Å². The van der Waals surface area contributed by atoms with Gasteiger partial charge < -0.3 is 9.84 Å². The van der Waals surface area contributed by atoms with Crippen LogP contribution in [-0.4, -0.2) is 24.3 Å². The summed E-state index contributed by atoms with van der Waals surface area (Å²) in [4.78, 5) is 11.1. The summed E-state index contributed by atoms with van der Waals surface area (Å²) in [6.07, 6.45) is 17.2. The normalized spacial score (nSPS) is 21.2. The molecule has 0 amide bonds. The largest absolute Gasteiger partial charge is 0.467 e. The Balaban J connectivity index is 1.83. The molecule has 0 spiro atoms. The Morgan fingerprint density at radius 3 is 2.04 bits per heavy atom. The lowest BCUT2D eigenvalue weighted by Crippen LogP contribution is -2.21. The maximum atomic E-state index is 11.1. The predicted octanol–water partition coefficient (Wildman–Crippen LogP) is 5.25. The van der Waals surface area contributed by atoms with Crippen molar-refractivity contribution < 1.29 is 14.6 Å². The van der Waals surface area contributed by atoms with Crippen LogP contribution in [0.25, 0.3) is 0 Å². The van der Waals surface area contributed by atoms with Gasteiger partial charge in [0.15, 0.2) is 6.10 Å². The van der Waals surface area contributed by atoms with E-state index in [9.17, 15) is 9.90 Å². The van der Waals surface area contributed by atoms with Gasteiger partial charge in [-0.25, -0.2) is 4.79 Å². The van der Waals surface area contributed by atoms with Crippen molar-refractivity contribution in [3.63, 3.8) is 0 Å². The number of esters is 1. The average Bonchev–Trinajstić information content (AvgIpc) is 3.32. The summed E-state index contributed by atoms with van der Waals surface area (Å²) >= 11 is 0. The van der Waals surface area contributed by atoms with Gasteiger partial charge in [0.25, 0.3) is 0 Å². The average molecular weight is 327 g/mol. The first-order valence-electron chi connectivity index (χ1n) is 9.95. The minimum absolute atomic E-state index is 0.489. The number of unbranched alkanes of at least 4 members (excludes halogenated alkanes) is 9. The monoisotopic (exact) mass is 326 g/mol. The molecule has 3 atom stereocenters. The van der Waals surface area contributed by atoms with Gasteiger partial charge in [0.1, 0.15) is 0 Å². The van der Waals surface area contributed by atoms with Crippen LogP contribution in [0.3, 0.4) is 0 Å². The molecule has 0 heterocycles. The molecule has 0 bridgehead atoms. The molecule has 0 saturated heterocycles. The first-order chi connectivity index (χ1) is 11.2. The Hall–Kier alpha value is -0.570. The van der Waals surface area contributed by atoms with Crippen molar-refractivity contribution in [1.29, 1.82) is 0 Å². The molecular weight excluding hydrogens is 288 g/mol. The van der Waals surface area contributed by atoms with Crippen molar-refractivity contribution in [2.45, 2.75) is 103 Å². The molecule has 3 heteroatoms. The number of carbonyl (C=O) groups is 1. The lowest BCUT2D eigenvalue weighted by Gasteiger charge is -2.07. The second kappa shape index (κ2) is 12.8. The van der Waals surface area contributed by atoms with E-state index in [0.717, 1.165) is 18.3 Å². The fraction of sp³-hybridized carbons (Fsp3) is 0.950. The second-order valence-corrected chi connectivity index (χ2v) is 7.34. The number of aliphatic hydroxyl groups excluding tert-OH is 1. The van der Waals surface area contributed by atoms with Crippen molar-refractivity contribution in [2.75, 3.05) is 7.11 Å². The Labute approximate surface area is 143 Å². The number of methoxy groups -OCH3 is 1. The highest BCUT2D eigenvalue weighted by atomic mass is 16.5. The molecule has 0 unspecified atom stereocenters. The van der Waals surface area contributed by atoms with Crippen molar-refractivity contribution in [1.82, 2.24) is 0 Å². The molecular formula is C20H38O3. The first-order valence-corrected chi connectivity index (χ1v) is 9.95. The standard InChI is InChI=1S/C20H38O3/c1-3-4-5-6-7-8-9-10-11-12-13-17-16-18(17)14-15-19(21)20(22)23-2/h17-19,21H,3-16H2,1-2H3/t17-,18+,19+/m1/s1. The molecule has 0 aromatic carbocycles. The van der Waals surface area contributed by atoms with E-state index in [0.29, 0.717) is 6.42 Å².